The maximum atomic E-state index is 15.3. The van der Waals surface area contributed by atoms with Crippen molar-refractivity contribution in [3.8, 4) is 11.5 Å². The summed E-state index contributed by atoms with van der Waals surface area (Å²) in [7, 11) is -3.59. The van der Waals surface area contributed by atoms with Gasteiger partial charge in [-0.05, 0) is 24.0 Å². The summed E-state index contributed by atoms with van der Waals surface area (Å²) in [5, 5.41) is 17.3. The minimum Gasteiger partial charge on any atom is -0.496 e. The molecule has 1 aliphatic heterocycles. The van der Waals surface area contributed by atoms with E-state index in [0.717, 1.165) is 23.9 Å². The van der Waals surface area contributed by atoms with Crippen molar-refractivity contribution < 1.29 is 45.0 Å². The van der Waals surface area contributed by atoms with Gasteiger partial charge in [-0.2, -0.15) is 13.2 Å². The molecule has 1 fully saturated rings. The van der Waals surface area contributed by atoms with Gasteiger partial charge < -0.3 is 19.5 Å². The van der Waals surface area contributed by atoms with Crippen molar-refractivity contribution in [2.45, 2.75) is 24.1 Å². The van der Waals surface area contributed by atoms with Crippen LogP contribution in [0.5, 0.6) is 11.5 Å². The molecule has 0 unspecified atom stereocenters. The molecule has 0 radical (unpaired) electrons. The SMILES string of the molecule is C=CC(CN(C(=N)SCC)S(=O)(=O)c1cc(F)c(Oc2cc(N3CC(O)C3)cc(C(F)(F)F)c2)cc1F)=C(C=C)OC. The Balaban J connectivity index is 2.04. The van der Waals surface area contributed by atoms with Crippen molar-refractivity contribution in [1.82, 2.24) is 4.31 Å². The average Bonchev–Trinajstić information content (AvgIpc) is 2.90. The first-order valence-corrected chi connectivity index (χ1v) is 14.7. The Bertz CT molecular complexity index is 1510. The number of aliphatic hydroxyl groups is 1. The van der Waals surface area contributed by atoms with Gasteiger partial charge in [0.05, 0.1) is 25.3 Å². The van der Waals surface area contributed by atoms with E-state index in [1.54, 1.807) is 6.92 Å². The number of alkyl halides is 3. The highest BCUT2D eigenvalue weighted by atomic mass is 32.2. The minimum atomic E-state index is -4.90. The van der Waals surface area contributed by atoms with E-state index in [1.807, 2.05) is 0 Å². The van der Waals surface area contributed by atoms with Crippen LogP contribution in [0.15, 0.2) is 71.9 Å². The molecule has 0 aromatic heterocycles. The summed E-state index contributed by atoms with van der Waals surface area (Å²) < 4.78 is 109. The highest BCUT2D eigenvalue weighted by Crippen LogP contribution is 2.39. The molecule has 0 atom stereocenters. The molecule has 0 spiro atoms. The van der Waals surface area contributed by atoms with Gasteiger partial charge in [0.15, 0.2) is 16.7 Å². The lowest BCUT2D eigenvalue weighted by molar-refractivity contribution is -0.137. The molecule has 42 heavy (non-hydrogen) atoms. The molecule has 2 aromatic rings. The lowest BCUT2D eigenvalue weighted by Gasteiger charge is -2.38. The summed E-state index contributed by atoms with van der Waals surface area (Å²) in [6.07, 6.45) is -2.96. The first-order valence-electron chi connectivity index (χ1n) is 12.2. The number of nitrogens with one attached hydrogen (secondary N) is 1. The van der Waals surface area contributed by atoms with Crippen molar-refractivity contribution in [2.75, 3.05) is 37.4 Å². The first-order chi connectivity index (χ1) is 19.7. The van der Waals surface area contributed by atoms with Gasteiger partial charge in [0.1, 0.15) is 22.2 Å². The van der Waals surface area contributed by atoms with Crippen LogP contribution >= 0.6 is 11.8 Å². The minimum absolute atomic E-state index is 0.0359. The number of methoxy groups -OCH3 is 1. The van der Waals surface area contributed by atoms with E-state index in [4.69, 9.17) is 14.9 Å². The van der Waals surface area contributed by atoms with E-state index in [0.29, 0.717) is 22.5 Å². The van der Waals surface area contributed by atoms with Crippen LogP contribution in [-0.2, 0) is 20.9 Å². The first kappa shape index (κ1) is 32.9. The van der Waals surface area contributed by atoms with E-state index in [1.165, 1.54) is 24.2 Å². The van der Waals surface area contributed by atoms with Crippen molar-refractivity contribution in [3.05, 3.63) is 84.2 Å². The maximum absolute atomic E-state index is 15.3. The lowest BCUT2D eigenvalue weighted by Crippen LogP contribution is -2.50. The van der Waals surface area contributed by atoms with Crippen molar-refractivity contribution in [2.24, 2.45) is 0 Å². The van der Waals surface area contributed by atoms with Crippen LogP contribution in [0.2, 0.25) is 0 Å². The molecule has 1 saturated heterocycles. The number of ether oxygens (including phenoxy) is 2. The fraction of sp³-hybridized carbons (Fsp3) is 0.296. The van der Waals surface area contributed by atoms with E-state index in [9.17, 15) is 26.7 Å². The van der Waals surface area contributed by atoms with Gasteiger partial charge in [-0.15, -0.1) is 0 Å². The number of amidine groups is 1. The number of rotatable bonds is 11. The molecule has 0 aliphatic carbocycles. The molecule has 0 saturated carbocycles. The van der Waals surface area contributed by atoms with E-state index >= 15 is 8.78 Å². The van der Waals surface area contributed by atoms with Crippen molar-refractivity contribution in [3.63, 3.8) is 0 Å². The second-order valence-electron chi connectivity index (χ2n) is 8.84. The van der Waals surface area contributed by atoms with Gasteiger partial charge >= 0.3 is 6.18 Å². The predicted octanol–water partition coefficient (Wildman–Crippen LogP) is 5.91. The summed E-state index contributed by atoms with van der Waals surface area (Å²) in [6.45, 7) is 8.45. The van der Waals surface area contributed by atoms with Crippen LogP contribution in [-0.4, -0.2) is 61.6 Å². The molecule has 228 valence electrons. The molecule has 3 rings (SSSR count). The molecule has 2 N–H and O–H groups in total. The largest absolute Gasteiger partial charge is 0.496 e. The molecule has 0 bridgehead atoms. The van der Waals surface area contributed by atoms with Crippen molar-refractivity contribution in [1.29, 1.82) is 5.41 Å². The summed E-state index contributed by atoms with van der Waals surface area (Å²) in [5.41, 5.74) is -0.901. The van der Waals surface area contributed by atoms with Crippen LogP contribution in [0.25, 0.3) is 0 Å². The van der Waals surface area contributed by atoms with Crippen LogP contribution in [0.4, 0.5) is 27.6 Å². The number of aliphatic hydroxyl groups excluding tert-OH is 1. The third kappa shape index (κ3) is 7.25. The number of anilines is 1. The zero-order valence-corrected chi connectivity index (χ0v) is 24.2. The number of hydrogen-bond acceptors (Lipinski definition) is 8. The van der Waals surface area contributed by atoms with Crippen LogP contribution in [0.3, 0.4) is 0 Å². The molecule has 1 aliphatic rings. The number of benzene rings is 2. The zero-order valence-electron chi connectivity index (χ0n) is 22.5. The zero-order chi connectivity index (χ0) is 31.4. The Morgan fingerprint density at radius 3 is 2.36 bits per heavy atom. The normalized spacial score (nSPS) is 14.5. The van der Waals surface area contributed by atoms with Crippen LogP contribution in [0.1, 0.15) is 12.5 Å². The van der Waals surface area contributed by atoms with Gasteiger partial charge in [0.2, 0.25) is 0 Å². The fourth-order valence-corrected chi connectivity index (χ4v) is 6.16. The number of thioether (sulfide) groups is 1. The van der Waals surface area contributed by atoms with E-state index in [-0.39, 0.29) is 35.9 Å². The molecule has 15 heteroatoms. The number of allylic oxidation sites excluding steroid dienone is 1. The highest BCUT2D eigenvalue weighted by molar-refractivity contribution is 8.14. The summed E-state index contributed by atoms with van der Waals surface area (Å²) in [6, 6.07) is 3.31. The monoisotopic (exact) mass is 633 g/mol. The molecule has 2 aromatic carbocycles. The van der Waals surface area contributed by atoms with Gasteiger partial charge in [-0.25, -0.2) is 21.5 Å². The van der Waals surface area contributed by atoms with Gasteiger partial charge in [0, 0.05) is 42.5 Å². The molecule has 1 heterocycles. The Labute approximate surface area is 244 Å². The predicted molar refractivity (Wildman–Crippen MR) is 150 cm³/mol. The van der Waals surface area contributed by atoms with Gasteiger partial charge in [-0.3, -0.25) is 5.41 Å². The Morgan fingerprint density at radius 1 is 1.17 bits per heavy atom. The maximum Gasteiger partial charge on any atom is 0.416 e. The standard InChI is InChI=1S/C27H28F5N3O5S2/c1-5-16(23(6-2)39-4)13-35(26(33)41-7-3)42(37,38)25-12-21(28)24(11-22(25)29)40-20-9-17(27(30,31)32)8-18(10-20)34-14-19(36)15-34/h5-6,8-12,19,33,36H,1-2,7,13-15H2,3-4H3. The van der Waals surface area contributed by atoms with Gasteiger partial charge in [-0.1, -0.05) is 37.9 Å². The summed E-state index contributed by atoms with van der Waals surface area (Å²) in [4.78, 5) is 0.305. The van der Waals surface area contributed by atoms with E-state index in [2.05, 4.69) is 13.2 Å². The number of β-amino-alcohol motifs (C(OH)–C–C–N with tert-alkyl or cyclic N) is 1. The number of sulfonamides is 1. The number of nitrogens with zero attached hydrogens (tertiary/aromatic N) is 2. The highest BCUT2D eigenvalue weighted by Gasteiger charge is 2.35. The van der Waals surface area contributed by atoms with Crippen LogP contribution < -0.4 is 9.64 Å². The van der Waals surface area contributed by atoms with Crippen molar-refractivity contribution >= 4 is 32.6 Å². The van der Waals surface area contributed by atoms with Gasteiger partial charge in [0.25, 0.3) is 10.0 Å². The molecule has 8 nitrogen and oxygen atoms in total. The molecule has 0 amide bonds. The Morgan fingerprint density at radius 2 is 1.83 bits per heavy atom. The number of hydrogen-bond donors (Lipinski definition) is 2. The smallest absolute Gasteiger partial charge is 0.416 e. The van der Waals surface area contributed by atoms with E-state index < -0.39 is 67.6 Å². The molecular weight excluding hydrogens is 605 g/mol. The second kappa shape index (κ2) is 13.2. The summed E-state index contributed by atoms with van der Waals surface area (Å²) in [5.74, 6) is -3.78. The molecular formula is C27H28F5N3O5S2. The quantitative estimate of drug-likeness (QED) is 0.104. The second-order valence-corrected chi connectivity index (χ2v) is 11.9. The fourth-order valence-electron chi connectivity index (χ4n) is 3.90. The number of halogens is 5. The lowest BCUT2D eigenvalue weighted by atomic mass is 10.1. The summed E-state index contributed by atoms with van der Waals surface area (Å²) >= 11 is 0.823. The Kier molecular flexibility index (Phi) is 10.3. The third-order valence-corrected chi connectivity index (χ3v) is 8.68. The average molecular weight is 634 g/mol. The Hall–Kier alpha value is -3.56. The third-order valence-electron chi connectivity index (χ3n) is 6.02. The van der Waals surface area contributed by atoms with Crippen LogP contribution in [0, 0.1) is 17.0 Å². The topological polar surface area (TPSA) is 103 Å².